The lowest BCUT2D eigenvalue weighted by atomic mass is 9.98. The van der Waals surface area contributed by atoms with Gasteiger partial charge in [0, 0.05) is 19.0 Å². The number of carbonyl (C=O) groups excluding carboxylic acids is 2. The zero-order valence-electron chi connectivity index (χ0n) is 18.7. The molecule has 2 aromatic rings. The van der Waals surface area contributed by atoms with Crippen LogP contribution in [0.1, 0.15) is 23.5 Å². The van der Waals surface area contributed by atoms with Gasteiger partial charge in [-0.3, -0.25) is 4.79 Å². The summed E-state index contributed by atoms with van der Waals surface area (Å²) in [6.45, 7) is 0.705. The summed E-state index contributed by atoms with van der Waals surface area (Å²) < 4.78 is 16.0. The molecule has 1 fully saturated rings. The third-order valence-corrected chi connectivity index (χ3v) is 6.04. The first-order valence-electron chi connectivity index (χ1n) is 11.3. The molecule has 2 unspecified atom stereocenters. The summed E-state index contributed by atoms with van der Waals surface area (Å²) in [7, 11) is 0. The number of carboxylic acids is 1. The molecule has 2 atom stereocenters. The Labute approximate surface area is 197 Å². The van der Waals surface area contributed by atoms with E-state index < -0.39 is 18.7 Å². The molecule has 1 aliphatic heterocycles. The number of carboxylic acid groups (broad SMARTS) is 1. The average molecular weight is 469 g/mol. The number of amides is 2. The number of hydrogen-bond donors (Lipinski definition) is 3. The average Bonchev–Trinajstić information content (AvgIpc) is 3.44. The van der Waals surface area contributed by atoms with Gasteiger partial charge in [0.05, 0.1) is 25.2 Å². The molecular weight excluding hydrogens is 440 g/mol. The van der Waals surface area contributed by atoms with Crippen molar-refractivity contribution in [2.75, 3.05) is 39.5 Å². The third-order valence-electron chi connectivity index (χ3n) is 6.04. The Balaban J connectivity index is 1.18. The molecule has 0 bridgehead atoms. The number of benzene rings is 2. The summed E-state index contributed by atoms with van der Waals surface area (Å²) in [4.78, 5) is 34.9. The zero-order chi connectivity index (χ0) is 23.9. The molecule has 1 heterocycles. The number of fused-ring (bicyclic) bond motifs is 3. The lowest BCUT2D eigenvalue weighted by molar-refractivity contribution is -0.142. The van der Waals surface area contributed by atoms with E-state index in [0.717, 1.165) is 11.1 Å². The van der Waals surface area contributed by atoms with Gasteiger partial charge in [0.2, 0.25) is 5.91 Å². The van der Waals surface area contributed by atoms with Crippen LogP contribution in [0.25, 0.3) is 11.1 Å². The van der Waals surface area contributed by atoms with E-state index in [-0.39, 0.29) is 56.8 Å². The van der Waals surface area contributed by atoms with Crippen molar-refractivity contribution in [3.05, 3.63) is 59.7 Å². The maximum atomic E-state index is 12.3. The Kier molecular flexibility index (Phi) is 7.76. The Morgan fingerprint density at radius 2 is 1.68 bits per heavy atom. The Morgan fingerprint density at radius 1 is 1.00 bits per heavy atom. The van der Waals surface area contributed by atoms with Crippen molar-refractivity contribution in [3.63, 3.8) is 0 Å². The van der Waals surface area contributed by atoms with E-state index in [9.17, 15) is 14.4 Å². The van der Waals surface area contributed by atoms with Gasteiger partial charge in [-0.2, -0.15) is 0 Å². The van der Waals surface area contributed by atoms with Gasteiger partial charge in [-0.15, -0.1) is 0 Å². The molecule has 9 nitrogen and oxygen atoms in total. The van der Waals surface area contributed by atoms with Gasteiger partial charge >= 0.3 is 12.1 Å². The molecule has 4 rings (SSSR count). The molecule has 1 saturated heterocycles. The summed E-state index contributed by atoms with van der Waals surface area (Å²) in [5, 5.41) is 13.9. The fourth-order valence-corrected chi connectivity index (χ4v) is 4.43. The van der Waals surface area contributed by atoms with E-state index >= 15 is 0 Å². The van der Waals surface area contributed by atoms with E-state index in [1.807, 2.05) is 24.3 Å². The largest absolute Gasteiger partial charge is 0.480 e. The monoisotopic (exact) mass is 468 g/mol. The highest BCUT2D eigenvalue weighted by Crippen LogP contribution is 2.44. The minimum absolute atomic E-state index is 0.00608. The fourth-order valence-electron chi connectivity index (χ4n) is 4.43. The number of aliphatic carboxylic acids is 1. The van der Waals surface area contributed by atoms with E-state index in [0.29, 0.717) is 6.42 Å². The molecule has 34 heavy (non-hydrogen) atoms. The van der Waals surface area contributed by atoms with Crippen LogP contribution in [0.3, 0.4) is 0 Å². The van der Waals surface area contributed by atoms with Gasteiger partial charge in [-0.1, -0.05) is 48.5 Å². The summed E-state index contributed by atoms with van der Waals surface area (Å²) >= 11 is 0. The van der Waals surface area contributed by atoms with Gasteiger partial charge < -0.3 is 30.0 Å². The predicted molar refractivity (Wildman–Crippen MR) is 122 cm³/mol. The van der Waals surface area contributed by atoms with Crippen LogP contribution in [-0.4, -0.2) is 68.7 Å². The summed E-state index contributed by atoms with van der Waals surface area (Å²) in [6.07, 6.45) is -0.320. The second-order valence-electron chi connectivity index (χ2n) is 8.33. The molecule has 9 heteroatoms. The second kappa shape index (κ2) is 11.1. The normalized spacial score (nSPS) is 18.7. The standard InChI is InChI=1S/C25H28N2O7/c28-23(29)15-32-10-9-26-24(30)16-11-17(33-13-16)12-27-25(31)34-14-22-20-7-3-1-5-18(20)19-6-2-4-8-21(19)22/h1-8,16-17,22H,9-15H2,(H,26,30)(H,27,31)(H,28,29). The lowest BCUT2D eigenvalue weighted by Gasteiger charge is -2.15. The van der Waals surface area contributed by atoms with Crippen LogP contribution in [0.5, 0.6) is 0 Å². The fraction of sp³-hybridized carbons (Fsp3) is 0.400. The summed E-state index contributed by atoms with van der Waals surface area (Å²) in [5.74, 6) is -1.56. The quantitative estimate of drug-likeness (QED) is 0.457. The van der Waals surface area contributed by atoms with Crippen LogP contribution < -0.4 is 10.6 Å². The Hall–Kier alpha value is -3.43. The van der Waals surface area contributed by atoms with Crippen molar-refractivity contribution in [3.8, 4) is 11.1 Å². The highest BCUT2D eigenvalue weighted by Gasteiger charge is 2.32. The van der Waals surface area contributed by atoms with Gasteiger partial charge in [-0.05, 0) is 28.7 Å². The number of nitrogens with one attached hydrogen (secondary N) is 2. The van der Waals surface area contributed by atoms with Gasteiger partial charge in [0.25, 0.3) is 0 Å². The molecule has 0 saturated carbocycles. The van der Waals surface area contributed by atoms with Crippen LogP contribution in [0.15, 0.2) is 48.5 Å². The first kappa shape index (κ1) is 23.7. The molecule has 2 amide bonds. The van der Waals surface area contributed by atoms with Crippen LogP contribution in [-0.2, 0) is 23.8 Å². The molecule has 0 aromatic heterocycles. The topological polar surface area (TPSA) is 123 Å². The molecule has 3 N–H and O–H groups in total. The minimum atomic E-state index is -1.05. The third kappa shape index (κ3) is 5.73. The Bertz CT molecular complexity index is 996. The summed E-state index contributed by atoms with van der Waals surface area (Å²) in [6, 6.07) is 16.3. The molecule has 1 aliphatic carbocycles. The van der Waals surface area contributed by atoms with Crippen LogP contribution in [0, 0.1) is 5.92 Å². The number of hydrogen-bond acceptors (Lipinski definition) is 6. The van der Waals surface area contributed by atoms with Crippen LogP contribution in [0.2, 0.25) is 0 Å². The number of alkyl carbamates (subject to hydrolysis) is 1. The van der Waals surface area contributed by atoms with Crippen molar-refractivity contribution in [1.82, 2.24) is 10.6 Å². The van der Waals surface area contributed by atoms with Crippen molar-refractivity contribution in [2.45, 2.75) is 18.4 Å². The molecule has 2 aromatic carbocycles. The maximum absolute atomic E-state index is 12.3. The van der Waals surface area contributed by atoms with Gasteiger partial charge in [-0.25, -0.2) is 9.59 Å². The molecule has 2 aliphatic rings. The van der Waals surface area contributed by atoms with Crippen molar-refractivity contribution in [1.29, 1.82) is 0 Å². The SMILES string of the molecule is O=C(O)COCCNC(=O)C1COC(CNC(=O)OCC2c3ccccc3-c3ccccc32)C1. The maximum Gasteiger partial charge on any atom is 0.407 e. The highest BCUT2D eigenvalue weighted by molar-refractivity contribution is 5.79. The van der Waals surface area contributed by atoms with E-state index in [2.05, 4.69) is 34.9 Å². The molecule has 0 spiro atoms. The van der Waals surface area contributed by atoms with Crippen molar-refractivity contribution in [2.24, 2.45) is 5.92 Å². The van der Waals surface area contributed by atoms with Gasteiger partial charge in [0.15, 0.2) is 0 Å². The van der Waals surface area contributed by atoms with Crippen molar-refractivity contribution >= 4 is 18.0 Å². The highest BCUT2D eigenvalue weighted by atomic mass is 16.5. The first-order chi connectivity index (χ1) is 16.5. The zero-order valence-corrected chi connectivity index (χ0v) is 18.7. The van der Waals surface area contributed by atoms with E-state index in [1.165, 1.54) is 11.1 Å². The number of carbonyl (C=O) groups is 3. The van der Waals surface area contributed by atoms with E-state index in [1.54, 1.807) is 0 Å². The van der Waals surface area contributed by atoms with Gasteiger partial charge in [0.1, 0.15) is 13.2 Å². The lowest BCUT2D eigenvalue weighted by Crippen LogP contribution is -2.35. The van der Waals surface area contributed by atoms with Crippen LogP contribution >= 0.6 is 0 Å². The predicted octanol–water partition coefficient (Wildman–Crippen LogP) is 2.15. The van der Waals surface area contributed by atoms with E-state index in [4.69, 9.17) is 19.3 Å². The smallest absolute Gasteiger partial charge is 0.407 e. The number of ether oxygens (including phenoxy) is 3. The first-order valence-corrected chi connectivity index (χ1v) is 11.3. The minimum Gasteiger partial charge on any atom is -0.480 e. The summed E-state index contributed by atoms with van der Waals surface area (Å²) in [5.41, 5.74) is 4.64. The second-order valence-corrected chi connectivity index (χ2v) is 8.33. The Morgan fingerprint density at radius 3 is 2.35 bits per heavy atom. The molecule has 180 valence electrons. The molecule has 0 radical (unpaired) electrons. The number of rotatable bonds is 10. The van der Waals surface area contributed by atoms with Crippen LogP contribution in [0.4, 0.5) is 4.79 Å². The molecular formula is C25H28N2O7. The van der Waals surface area contributed by atoms with Crippen molar-refractivity contribution < 1.29 is 33.7 Å².